The van der Waals surface area contributed by atoms with Gasteiger partial charge in [-0.3, -0.25) is 4.90 Å². The van der Waals surface area contributed by atoms with Gasteiger partial charge >= 0.3 is 0 Å². The molecule has 1 saturated heterocycles. The third kappa shape index (κ3) is 3.66. The van der Waals surface area contributed by atoms with E-state index in [2.05, 4.69) is 50.1 Å². The minimum Gasteiger partial charge on any atom is -0.353 e. The van der Waals surface area contributed by atoms with Crippen molar-refractivity contribution in [1.82, 2.24) is 14.9 Å². The number of rotatable bonds is 4. The fraction of sp³-hybridized carbons (Fsp3) is 0.389. The van der Waals surface area contributed by atoms with Crippen molar-refractivity contribution < 1.29 is 0 Å². The summed E-state index contributed by atoms with van der Waals surface area (Å²) in [5, 5.41) is 9.22. The van der Waals surface area contributed by atoms with Gasteiger partial charge in [-0.1, -0.05) is 30.3 Å². The topological polar surface area (TPSA) is 56.1 Å². The first-order valence-electron chi connectivity index (χ1n) is 7.98. The van der Waals surface area contributed by atoms with Crippen LogP contribution in [0.2, 0.25) is 0 Å². The lowest BCUT2D eigenvalue weighted by molar-refractivity contribution is 0.198. The molecule has 1 fully saturated rings. The molecule has 0 aliphatic carbocycles. The van der Waals surface area contributed by atoms with Crippen molar-refractivity contribution >= 4 is 5.82 Å². The zero-order chi connectivity index (χ0) is 16.1. The Morgan fingerprint density at radius 3 is 2.83 bits per heavy atom. The molecule has 0 unspecified atom stereocenters. The summed E-state index contributed by atoms with van der Waals surface area (Å²) < 4.78 is 0. The van der Waals surface area contributed by atoms with E-state index in [1.807, 2.05) is 13.1 Å². The molecule has 0 radical (unpaired) electrons. The van der Waals surface area contributed by atoms with Crippen LogP contribution in [0.4, 0.5) is 5.82 Å². The van der Waals surface area contributed by atoms with Crippen LogP contribution in [0.3, 0.4) is 0 Å². The normalized spacial score (nSPS) is 18.3. The lowest BCUT2D eigenvalue weighted by Gasteiger charge is -2.38. The number of nitrogens with zero attached hydrogens (tertiary/aromatic N) is 5. The molecule has 118 valence electrons. The highest BCUT2D eigenvalue weighted by molar-refractivity contribution is 5.49. The highest BCUT2D eigenvalue weighted by Gasteiger charge is 2.25. The van der Waals surface area contributed by atoms with E-state index in [-0.39, 0.29) is 0 Å². The van der Waals surface area contributed by atoms with Gasteiger partial charge in [0.1, 0.15) is 6.07 Å². The molecule has 0 saturated carbocycles. The predicted molar refractivity (Wildman–Crippen MR) is 89.9 cm³/mol. The number of hydrogen-bond acceptors (Lipinski definition) is 5. The van der Waals surface area contributed by atoms with Crippen molar-refractivity contribution in [3.63, 3.8) is 0 Å². The number of likely N-dealkylation sites (N-methyl/N-ethyl adjacent to an activating group) is 1. The third-order valence-corrected chi connectivity index (χ3v) is 4.40. The Hall–Kier alpha value is -2.45. The summed E-state index contributed by atoms with van der Waals surface area (Å²) in [6.07, 6.45) is 5.49. The van der Waals surface area contributed by atoms with Crippen molar-refractivity contribution in [1.29, 1.82) is 5.26 Å². The lowest BCUT2D eigenvalue weighted by Crippen LogP contribution is -2.46. The molecule has 2 aromatic rings. The van der Waals surface area contributed by atoms with Crippen molar-refractivity contribution in [2.24, 2.45) is 0 Å². The van der Waals surface area contributed by atoms with Crippen molar-refractivity contribution in [2.45, 2.75) is 25.4 Å². The van der Waals surface area contributed by atoms with Crippen LogP contribution < -0.4 is 4.90 Å². The van der Waals surface area contributed by atoms with E-state index in [1.54, 1.807) is 12.4 Å². The first kappa shape index (κ1) is 15.4. The highest BCUT2D eigenvalue weighted by Crippen LogP contribution is 2.22. The highest BCUT2D eigenvalue weighted by atomic mass is 15.3. The van der Waals surface area contributed by atoms with Gasteiger partial charge < -0.3 is 4.90 Å². The maximum atomic E-state index is 9.22. The van der Waals surface area contributed by atoms with Gasteiger partial charge in [-0.05, 0) is 24.9 Å². The van der Waals surface area contributed by atoms with Crippen molar-refractivity contribution in [2.75, 3.05) is 25.0 Å². The molecule has 3 rings (SSSR count). The Kier molecular flexibility index (Phi) is 4.84. The van der Waals surface area contributed by atoms with Crippen LogP contribution in [-0.4, -0.2) is 41.0 Å². The van der Waals surface area contributed by atoms with Crippen LogP contribution in [0.15, 0.2) is 42.7 Å². The maximum absolute atomic E-state index is 9.22. The second-order valence-corrected chi connectivity index (χ2v) is 5.97. The second kappa shape index (κ2) is 7.21. The average Bonchev–Trinajstić information content (AvgIpc) is 2.62. The number of anilines is 1. The minimum atomic E-state index is 0.358. The summed E-state index contributed by atoms with van der Waals surface area (Å²) in [5.74, 6) is 0.682. The monoisotopic (exact) mass is 307 g/mol. The molecule has 0 N–H and O–H groups in total. The van der Waals surface area contributed by atoms with Crippen LogP contribution in [0, 0.1) is 11.3 Å². The molecule has 0 bridgehead atoms. The van der Waals surface area contributed by atoms with Gasteiger partial charge in [0.25, 0.3) is 0 Å². The molecule has 0 spiro atoms. The zero-order valence-electron chi connectivity index (χ0n) is 13.4. The molecule has 2 heterocycles. The fourth-order valence-corrected chi connectivity index (χ4v) is 3.17. The molecule has 1 aromatic carbocycles. The van der Waals surface area contributed by atoms with Gasteiger partial charge in [0.15, 0.2) is 11.5 Å². The quantitative estimate of drug-likeness (QED) is 0.868. The Balaban J connectivity index is 1.69. The molecule has 1 aliphatic heterocycles. The van der Waals surface area contributed by atoms with Gasteiger partial charge in [-0.15, -0.1) is 0 Å². The van der Waals surface area contributed by atoms with E-state index in [9.17, 15) is 5.26 Å². The fourth-order valence-electron chi connectivity index (χ4n) is 3.17. The number of nitriles is 1. The van der Waals surface area contributed by atoms with Gasteiger partial charge in [-0.25, -0.2) is 9.97 Å². The first-order valence-corrected chi connectivity index (χ1v) is 7.98. The van der Waals surface area contributed by atoms with Crippen molar-refractivity contribution in [3.8, 4) is 6.07 Å². The third-order valence-electron chi connectivity index (χ3n) is 4.40. The lowest BCUT2D eigenvalue weighted by atomic mass is 10.0. The molecule has 5 nitrogen and oxygen atoms in total. The van der Waals surface area contributed by atoms with Crippen LogP contribution >= 0.6 is 0 Å². The molecule has 0 amide bonds. The van der Waals surface area contributed by atoms with Crippen LogP contribution in [0.5, 0.6) is 0 Å². The molecular weight excluding hydrogens is 286 g/mol. The molecule has 1 aliphatic rings. The number of hydrogen-bond donors (Lipinski definition) is 0. The smallest absolute Gasteiger partial charge is 0.183 e. The summed E-state index contributed by atoms with van der Waals surface area (Å²) in [6.45, 7) is 3.06. The number of piperidine rings is 1. The van der Waals surface area contributed by atoms with Gasteiger partial charge in [-0.2, -0.15) is 5.26 Å². The van der Waals surface area contributed by atoms with E-state index in [1.165, 1.54) is 5.56 Å². The van der Waals surface area contributed by atoms with E-state index >= 15 is 0 Å². The summed E-state index contributed by atoms with van der Waals surface area (Å²) in [6, 6.07) is 13.1. The zero-order valence-corrected chi connectivity index (χ0v) is 13.4. The summed E-state index contributed by atoms with van der Waals surface area (Å²) in [7, 11) is 2.02. The van der Waals surface area contributed by atoms with Gasteiger partial charge in [0, 0.05) is 38.6 Å². The Labute approximate surface area is 137 Å². The second-order valence-electron chi connectivity index (χ2n) is 5.97. The molecular formula is C18H21N5. The summed E-state index contributed by atoms with van der Waals surface area (Å²) in [4.78, 5) is 13.1. The van der Waals surface area contributed by atoms with Gasteiger partial charge in [0.2, 0.25) is 0 Å². The molecule has 1 aromatic heterocycles. The van der Waals surface area contributed by atoms with E-state index in [0.717, 1.165) is 32.5 Å². The SMILES string of the molecule is CN(c1nccnc1C#N)[C@H]1CCCN(Cc2ccccc2)C1. The van der Waals surface area contributed by atoms with E-state index in [0.29, 0.717) is 17.6 Å². The maximum Gasteiger partial charge on any atom is 0.183 e. The Morgan fingerprint density at radius 2 is 2.04 bits per heavy atom. The van der Waals surface area contributed by atoms with Crippen LogP contribution in [0.25, 0.3) is 0 Å². The minimum absolute atomic E-state index is 0.358. The number of benzene rings is 1. The van der Waals surface area contributed by atoms with E-state index < -0.39 is 0 Å². The molecule has 23 heavy (non-hydrogen) atoms. The summed E-state index contributed by atoms with van der Waals surface area (Å²) >= 11 is 0. The standard InChI is InChI=1S/C18H21N5/c1-22(18-17(12-19)20-9-10-21-18)16-8-5-11-23(14-16)13-15-6-3-2-4-7-15/h2-4,6-7,9-10,16H,5,8,11,13-14H2,1H3/t16-/m0/s1. The Morgan fingerprint density at radius 1 is 1.26 bits per heavy atom. The van der Waals surface area contributed by atoms with E-state index in [4.69, 9.17) is 0 Å². The van der Waals surface area contributed by atoms with Gasteiger partial charge in [0.05, 0.1) is 0 Å². The largest absolute Gasteiger partial charge is 0.353 e. The molecule has 5 heteroatoms. The number of aromatic nitrogens is 2. The predicted octanol–water partition coefficient (Wildman–Crippen LogP) is 2.45. The first-order chi connectivity index (χ1) is 11.3. The molecule has 1 atom stereocenters. The Bertz CT molecular complexity index is 679. The number of likely N-dealkylation sites (tertiary alicyclic amines) is 1. The average molecular weight is 307 g/mol. The van der Waals surface area contributed by atoms with Crippen molar-refractivity contribution in [3.05, 3.63) is 54.0 Å². The van der Waals surface area contributed by atoms with Crippen LogP contribution in [-0.2, 0) is 6.54 Å². The van der Waals surface area contributed by atoms with Crippen LogP contribution in [0.1, 0.15) is 24.1 Å². The summed E-state index contributed by atoms with van der Waals surface area (Å²) in [5.41, 5.74) is 1.74.